The lowest BCUT2D eigenvalue weighted by molar-refractivity contribution is -0.313. The molecule has 0 fully saturated rings. The molecule has 0 aliphatic carbocycles. The first-order chi connectivity index (χ1) is 4.42. The van der Waals surface area contributed by atoms with Gasteiger partial charge in [0.15, 0.2) is 0 Å². The van der Waals surface area contributed by atoms with Crippen LogP contribution in [0.4, 0.5) is 0 Å². The number of carboxylic acid groups (broad SMARTS) is 1. The Labute approximate surface area is 57.0 Å². The fourth-order valence-electron chi connectivity index (χ4n) is 0.300. The summed E-state index contributed by atoms with van der Waals surface area (Å²) in [6.45, 7) is -0.519. The molecule has 0 atom stereocenters. The summed E-state index contributed by atoms with van der Waals surface area (Å²) < 4.78 is 9.83. The van der Waals surface area contributed by atoms with Gasteiger partial charge >= 0.3 is 5.97 Å². The van der Waals surface area contributed by atoms with E-state index < -0.39 is 26.4 Å². The van der Waals surface area contributed by atoms with Gasteiger partial charge in [-0.1, -0.05) is 7.60 Å². The van der Waals surface area contributed by atoms with Crippen LogP contribution >= 0.6 is 7.60 Å². The van der Waals surface area contributed by atoms with E-state index in [2.05, 4.69) is 0 Å². The molecule has 0 aliphatic heterocycles. The molecule has 0 bridgehead atoms. The highest BCUT2D eigenvalue weighted by molar-refractivity contribution is 7.48. The molecule has 0 spiro atoms. The molecule has 0 aromatic heterocycles. The molecule has 0 amide bonds. The second-order valence-corrected chi connectivity index (χ2v) is 3.13. The number of carboxylic acids is 1. The van der Waals surface area contributed by atoms with E-state index >= 15 is 0 Å². The lowest BCUT2D eigenvalue weighted by Crippen LogP contribution is -2.30. The van der Waals surface area contributed by atoms with E-state index in [4.69, 9.17) is 5.11 Å². The molecule has 0 aromatic rings. The predicted molar refractivity (Wildman–Crippen MR) is 28.1 cm³/mol. The van der Waals surface area contributed by atoms with Crippen molar-refractivity contribution in [1.29, 1.82) is 0 Å². The molecule has 0 heterocycles. The van der Waals surface area contributed by atoms with Crippen molar-refractivity contribution in [1.82, 2.24) is 5.32 Å². The first-order valence-corrected chi connectivity index (χ1v) is 4.08. The van der Waals surface area contributed by atoms with E-state index in [1.807, 2.05) is 5.32 Å². The molecule has 0 unspecified atom stereocenters. The zero-order valence-electron chi connectivity index (χ0n) is 4.94. The zero-order valence-corrected chi connectivity index (χ0v) is 5.84. The molecule has 0 saturated heterocycles. The Kier molecular flexibility index (Phi) is 3.52. The van der Waals surface area contributed by atoms with Crippen LogP contribution in [0.15, 0.2) is 0 Å². The number of nitrogens with one attached hydrogen (secondary N) is 1. The van der Waals surface area contributed by atoms with Crippen molar-refractivity contribution in [3.63, 3.8) is 0 Å². The van der Waals surface area contributed by atoms with Gasteiger partial charge < -0.3 is 24.8 Å². The third-order valence-electron chi connectivity index (χ3n) is 0.582. The van der Waals surface area contributed by atoms with Gasteiger partial charge in [-0.25, -0.2) is 0 Å². The predicted octanol–water partition coefficient (Wildman–Crippen LogP) is -2.47. The standard InChI is InChI=1S/C3H8NO5P/c5-3(6)1-4-2-10(7,8)9/h4H,1-2H2,(H,5,6)(H2,7,8,9)/p-2. The largest absolute Gasteiger partial charge is 0.810 e. The topological polar surface area (TPSA) is 113 Å². The second-order valence-electron chi connectivity index (χ2n) is 1.59. The Morgan fingerprint density at radius 1 is 1.60 bits per heavy atom. The monoisotopic (exact) mass is 167 g/mol. The molecule has 7 heteroatoms. The van der Waals surface area contributed by atoms with Crippen molar-refractivity contribution in [2.75, 3.05) is 12.8 Å². The maximum atomic E-state index is 9.83. The first kappa shape index (κ1) is 9.58. The van der Waals surface area contributed by atoms with E-state index in [0.717, 1.165) is 0 Å². The summed E-state index contributed by atoms with van der Waals surface area (Å²) in [5.74, 6) is -1.20. The van der Waals surface area contributed by atoms with Gasteiger partial charge in [-0.3, -0.25) is 4.79 Å². The van der Waals surface area contributed by atoms with Gasteiger partial charge in [0.1, 0.15) is 0 Å². The van der Waals surface area contributed by atoms with E-state index in [9.17, 15) is 19.1 Å². The minimum Gasteiger partial charge on any atom is -0.810 e. The highest BCUT2D eigenvalue weighted by atomic mass is 31.2. The molecule has 10 heavy (non-hydrogen) atoms. The molecule has 0 rings (SSSR count). The smallest absolute Gasteiger partial charge is 0.317 e. The summed E-state index contributed by atoms with van der Waals surface area (Å²) in [5, 5.41) is 9.89. The number of rotatable bonds is 4. The Balaban J connectivity index is 3.39. The fourth-order valence-corrected chi connectivity index (χ4v) is 0.685. The molecular weight excluding hydrogens is 161 g/mol. The first-order valence-electron chi connectivity index (χ1n) is 2.35. The van der Waals surface area contributed by atoms with Gasteiger partial charge in [0, 0.05) is 6.29 Å². The Morgan fingerprint density at radius 2 is 2.10 bits per heavy atom. The quantitative estimate of drug-likeness (QED) is 0.448. The van der Waals surface area contributed by atoms with Crippen LogP contribution < -0.4 is 15.1 Å². The van der Waals surface area contributed by atoms with Gasteiger partial charge in [-0.15, -0.1) is 0 Å². The van der Waals surface area contributed by atoms with Crippen LogP contribution in [0.3, 0.4) is 0 Å². The van der Waals surface area contributed by atoms with Crippen molar-refractivity contribution in [2.45, 2.75) is 0 Å². The minimum atomic E-state index is -4.60. The van der Waals surface area contributed by atoms with Crippen LogP contribution in [-0.4, -0.2) is 23.9 Å². The van der Waals surface area contributed by atoms with Crippen molar-refractivity contribution in [3.05, 3.63) is 0 Å². The number of hydrogen-bond acceptors (Lipinski definition) is 5. The van der Waals surface area contributed by atoms with Gasteiger partial charge in [-0.2, -0.15) is 0 Å². The molecule has 6 nitrogen and oxygen atoms in total. The van der Waals surface area contributed by atoms with Crippen LogP contribution in [0, 0.1) is 0 Å². The van der Waals surface area contributed by atoms with Crippen LogP contribution in [0.1, 0.15) is 0 Å². The van der Waals surface area contributed by atoms with Gasteiger partial charge in [0.05, 0.1) is 6.54 Å². The molecule has 0 aliphatic rings. The molecule has 2 N–H and O–H groups in total. The van der Waals surface area contributed by atoms with Gasteiger partial charge in [0.2, 0.25) is 0 Å². The summed E-state index contributed by atoms with van der Waals surface area (Å²) >= 11 is 0. The highest BCUT2D eigenvalue weighted by Gasteiger charge is 1.95. The molecular formula is C3H6NO5P-2. The highest BCUT2D eigenvalue weighted by Crippen LogP contribution is 2.18. The van der Waals surface area contributed by atoms with E-state index in [1.54, 1.807) is 0 Å². The summed E-state index contributed by atoms with van der Waals surface area (Å²) in [6.07, 6.45) is -0.820. The lowest BCUT2D eigenvalue weighted by atomic mass is 10.7. The molecule has 0 radical (unpaired) electrons. The van der Waals surface area contributed by atoms with Crippen molar-refractivity contribution in [3.8, 4) is 0 Å². The summed E-state index contributed by atoms with van der Waals surface area (Å²) in [6, 6.07) is 0. The maximum Gasteiger partial charge on any atom is 0.317 e. The summed E-state index contributed by atoms with van der Waals surface area (Å²) in [5.41, 5.74) is 0. The Morgan fingerprint density at radius 3 is 2.40 bits per heavy atom. The number of hydrogen-bond donors (Lipinski definition) is 2. The zero-order chi connectivity index (χ0) is 8.20. The Bertz CT molecular complexity index is 162. The van der Waals surface area contributed by atoms with Crippen LogP contribution in [0.5, 0.6) is 0 Å². The Hall–Kier alpha value is -0.420. The molecule has 0 aromatic carbocycles. The third kappa shape index (κ3) is 7.58. The van der Waals surface area contributed by atoms with Crippen LogP contribution in [0.2, 0.25) is 0 Å². The van der Waals surface area contributed by atoms with Crippen LogP contribution in [0.25, 0.3) is 0 Å². The van der Waals surface area contributed by atoms with Gasteiger partial charge in [0.25, 0.3) is 0 Å². The summed E-state index contributed by atoms with van der Waals surface area (Å²) in [4.78, 5) is 29.4. The molecule has 60 valence electrons. The third-order valence-corrected chi connectivity index (χ3v) is 1.19. The van der Waals surface area contributed by atoms with E-state index in [1.165, 1.54) is 0 Å². The SMILES string of the molecule is O=C(O)CNCP(=O)([O-])[O-]. The molecule has 0 saturated carbocycles. The van der Waals surface area contributed by atoms with E-state index in [0.29, 0.717) is 0 Å². The van der Waals surface area contributed by atoms with Crippen molar-refractivity contribution in [2.24, 2.45) is 0 Å². The fraction of sp³-hybridized carbons (Fsp3) is 0.667. The average molecular weight is 167 g/mol. The number of aliphatic carboxylic acids is 1. The minimum absolute atomic E-state index is 0.519. The van der Waals surface area contributed by atoms with Gasteiger partial charge in [-0.05, 0) is 0 Å². The second kappa shape index (κ2) is 3.68. The van der Waals surface area contributed by atoms with Crippen LogP contribution in [-0.2, 0) is 9.36 Å². The average Bonchev–Trinajstić information content (AvgIpc) is 1.59. The van der Waals surface area contributed by atoms with E-state index in [-0.39, 0.29) is 0 Å². The normalized spacial score (nSPS) is 11.4. The lowest BCUT2D eigenvalue weighted by Gasteiger charge is -2.28. The maximum absolute atomic E-state index is 9.83. The van der Waals surface area contributed by atoms with Crippen molar-refractivity contribution < 1.29 is 24.3 Å². The van der Waals surface area contributed by atoms with Crippen molar-refractivity contribution >= 4 is 13.6 Å². The summed E-state index contributed by atoms with van der Waals surface area (Å²) in [7, 11) is -4.60. The number of carbonyl (C=O) groups is 1.